The van der Waals surface area contributed by atoms with E-state index in [0.29, 0.717) is 16.4 Å². The maximum absolute atomic E-state index is 12.2. The molecule has 5 nitrogen and oxygen atoms in total. The highest BCUT2D eigenvalue weighted by atomic mass is 35.5. The molecule has 0 aliphatic rings. The second-order valence-electron chi connectivity index (χ2n) is 5.51. The molecule has 0 atom stereocenters. The van der Waals surface area contributed by atoms with Crippen LogP contribution in [0.1, 0.15) is 0 Å². The third-order valence-corrected chi connectivity index (χ3v) is 4.92. The zero-order chi connectivity index (χ0) is 17.9. The zero-order valence-corrected chi connectivity index (χ0v) is 15.0. The molecule has 0 aliphatic carbocycles. The Balaban J connectivity index is 1.51. The number of urea groups is 1. The molecule has 4 aromatic rings. The number of carbonyl (C=O) groups excluding carboxylic acids is 1. The number of hydrogen-bond donors (Lipinski definition) is 2. The van der Waals surface area contributed by atoms with Crippen molar-refractivity contribution in [3.63, 3.8) is 0 Å². The predicted molar refractivity (Wildman–Crippen MR) is 107 cm³/mol. The molecule has 0 fully saturated rings. The molecule has 2 heterocycles. The summed E-state index contributed by atoms with van der Waals surface area (Å²) in [6.45, 7) is 0. The second kappa shape index (κ2) is 7.11. The minimum atomic E-state index is -0.324. The van der Waals surface area contributed by atoms with Crippen LogP contribution in [0, 0.1) is 0 Å². The Morgan fingerprint density at radius 1 is 0.962 bits per heavy atom. The van der Waals surface area contributed by atoms with Crippen LogP contribution in [0.5, 0.6) is 0 Å². The van der Waals surface area contributed by atoms with Gasteiger partial charge in [0.2, 0.25) is 0 Å². The van der Waals surface area contributed by atoms with E-state index in [0.717, 1.165) is 20.9 Å². The van der Waals surface area contributed by atoms with Crippen LogP contribution >= 0.6 is 22.9 Å². The molecular formula is C19H13ClN4OS. The first-order valence-electron chi connectivity index (χ1n) is 7.83. The van der Waals surface area contributed by atoms with Crippen LogP contribution < -0.4 is 10.6 Å². The molecule has 2 aromatic heterocycles. The molecule has 0 bridgehead atoms. The Morgan fingerprint density at radius 2 is 1.77 bits per heavy atom. The van der Waals surface area contributed by atoms with Gasteiger partial charge >= 0.3 is 6.03 Å². The van der Waals surface area contributed by atoms with Gasteiger partial charge in [0.1, 0.15) is 15.4 Å². The third-order valence-electron chi connectivity index (χ3n) is 3.64. The van der Waals surface area contributed by atoms with Gasteiger partial charge in [0.25, 0.3) is 0 Å². The summed E-state index contributed by atoms with van der Waals surface area (Å²) in [5.74, 6) is 0. The highest BCUT2D eigenvalue weighted by Gasteiger charge is 2.09. The van der Waals surface area contributed by atoms with Crippen molar-refractivity contribution < 1.29 is 4.79 Å². The van der Waals surface area contributed by atoms with Gasteiger partial charge in [0.15, 0.2) is 0 Å². The number of thiazole rings is 1. The highest BCUT2D eigenvalue weighted by Crippen LogP contribution is 2.30. The lowest BCUT2D eigenvalue weighted by Crippen LogP contribution is -2.19. The summed E-state index contributed by atoms with van der Waals surface area (Å²) in [6, 6.07) is 18.0. The highest BCUT2D eigenvalue weighted by molar-refractivity contribution is 7.21. The molecule has 0 spiro atoms. The van der Waals surface area contributed by atoms with Crippen LogP contribution in [-0.2, 0) is 0 Å². The van der Waals surface area contributed by atoms with E-state index < -0.39 is 0 Å². The summed E-state index contributed by atoms with van der Waals surface area (Å²) >= 11 is 7.36. The van der Waals surface area contributed by atoms with Crippen LogP contribution in [0.15, 0.2) is 66.9 Å². The summed E-state index contributed by atoms with van der Waals surface area (Å²) in [4.78, 5) is 22.0. The van der Waals surface area contributed by atoms with Gasteiger partial charge in [-0.1, -0.05) is 35.1 Å². The fourth-order valence-corrected chi connectivity index (χ4v) is 3.48. The summed E-state index contributed by atoms with van der Waals surface area (Å²) in [5, 5.41) is 7.07. The Hall–Kier alpha value is -2.96. The Morgan fingerprint density at radius 3 is 2.58 bits per heavy atom. The molecule has 0 radical (unpaired) electrons. The molecule has 2 aromatic carbocycles. The van der Waals surface area contributed by atoms with Gasteiger partial charge in [0, 0.05) is 28.2 Å². The van der Waals surface area contributed by atoms with Crippen LogP contribution in [0.25, 0.3) is 20.9 Å². The normalized spacial score (nSPS) is 10.7. The van der Waals surface area contributed by atoms with E-state index in [1.807, 2.05) is 36.4 Å². The van der Waals surface area contributed by atoms with E-state index in [9.17, 15) is 4.79 Å². The predicted octanol–water partition coefficient (Wildman–Crippen LogP) is 5.66. The van der Waals surface area contributed by atoms with Crippen LogP contribution in [0.4, 0.5) is 16.2 Å². The zero-order valence-electron chi connectivity index (χ0n) is 13.4. The average molecular weight is 381 g/mol. The van der Waals surface area contributed by atoms with Crippen molar-refractivity contribution in [3.8, 4) is 10.6 Å². The van der Waals surface area contributed by atoms with Crippen LogP contribution in [-0.4, -0.2) is 16.0 Å². The molecular weight excluding hydrogens is 368 g/mol. The third kappa shape index (κ3) is 3.66. The van der Waals surface area contributed by atoms with Gasteiger partial charge in [-0.15, -0.1) is 0 Å². The molecule has 2 amide bonds. The fraction of sp³-hybridized carbons (Fsp3) is 0. The van der Waals surface area contributed by atoms with E-state index >= 15 is 0 Å². The smallest absolute Gasteiger partial charge is 0.308 e. The van der Waals surface area contributed by atoms with E-state index in [4.69, 9.17) is 11.6 Å². The number of pyridine rings is 1. The molecule has 128 valence electrons. The maximum Gasteiger partial charge on any atom is 0.323 e. The van der Waals surface area contributed by atoms with Crippen molar-refractivity contribution in [2.75, 3.05) is 10.6 Å². The number of amides is 2. The SMILES string of the molecule is O=C(Nc1ccc(Cl)cc1)Nc1cccc(-c2nc3cccnc3s2)c1. The number of hydrogen-bond acceptors (Lipinski definition) is 4. The number of aromatic nitrogens is 2. The van der Waals surface area contributed by atoms with Crippen LogP contribution in [0.2, 0.25) is 5.02 Å². The van der Waals surface area contributed by atoms with Gasteiger partial charge in [-0.25, -0.2) is 14.8 Å². The van der Waals surface area contributed by atoms with Crippen molar-refractivity contribution in [2.45, 2.75) is 0 Å². The number of carbonyl (C=O) groups is 1. The van der Waals surface area contributed by atoms with Crippen molar-refractivity contribution in [3.05, 3.63) is 71.9 Å². The summed E-state index contributed by atoms with van der Waals surface area (Å²) in [7, 11) is 0. The first-order chi connectivity index (χ1) is 12.7. The quantitative estimate of drug-likeness (QED) is 0.482. The Labute approximate surface area is 158 Å². The number of rotatable bonds is 3. The van der Waals surface area contributed by atoms with Crippen molar-refractivity contribution in [1.29, 1.82) is 0 Å². The van der Waals surface area contributed by atoms with Crippen LogP contribution in [0.3, 0.4) is 0 Å². The maximum atomic E-state index is 12.2. The minimum absolute atomic E-state index is 0.324. The standard InChI is InChI=1S/C19H13ClN4OS/c20-13-6-8-14(9-7-13)22-19(25)23-15-4-1-3-12(11-15)17-24-16-5-2-10-21-18(16)26-17/h1-11H,(H2,22,23,25). The lowest BCUT2D eigenvalue weighted by Gasteiger charge is -2.08. The number of halogens is 1. The topological polar surface area (TPSA) is 66.9 Å². The molecule has 0 aliphatic heterocycles. The minimum Gasteiger partial charge on any atom is -0.308 e. The number of nitrogens with zero attached hydrogens (tertiary/aromatic N) is 2. The van der Waals surface area contributed by atoms with E-state index in [1.54, 1.807) is 30.5 Å². The van der Waals surface area contributed by atoms with E-state index in [1.165, 1.54) is 11.3 Å². The van der Waals surface area contributed by atoms with Gasteiger partial charge in [-0.3, -0.25) is 0 Å². The fourth-order valence-electron chi connectivity index (χ4n) is 2.45. The average Bonchev–Trinajstić information content (AvgIpc) is 3.08. The van der Waals surface area contributed by atoms with Gasteiger partial charge < -0.3 is 10.6 Å². The lowest BCUT2D eigenvalue weighted by atomic mass is 10.2. The van der Waals surface area contributed by atoms with Gasteiger partial charge in [-0.2, -0.15) is 0 Å². The largest absolute Gasteiger partial charge is 0.323 e. The molecule has 2 N–H and O–H groups in total. The number of anilines is 2. The van der Waals surface area contributed by atoms with Gasteiger partial charge in [-0.05, 0) is 48.5 Å². The van der Waals surface area contributed by atoms with Crippen molar-refractivity contribution in [2.24, 2.45) is 0 Å². The lowest BCUT2D eigenvalue weighted by molar-refractivity contribution is 0.262. The second-order valence-corrected chi connectivity index (χ2v) is 6.93. The molecule has 7 heteroatoms. The Bertz CT molecular complexity index is 1050. The number of nitrogens with one attached hydrogen (secondary N) is 2. The monoisotopic (exact) mass is 380 g/mol. The summed E-state index contributed by atoms with van der Waals surface area (Å²) in [6.07, 6.45) is 1.75. The summed E-state index contributed by atoms with van der Waals surface area (Å²) in [5.41, 5.74) is 3.14. The Kier molecular flexibility index (Phi) is 4.51. The van der Waals surface area contributed by atoms with Crippen molar-refractivity contribution in [1.82, 2.24) is 9.97 Å². The number of benzene rings is 2. The van der Waals surface area contributed by atoms with E-state index in [-0.39, 0.29) is 6.03 Å². The molecule has 0 unspecified atom stereocenters. The molecule has 0 saturated heterocycles. The first kappa shape index (κ1) is 16.5. The summed E-state index contributed by atoms with van der Waals surface area (Å²) < 4.78 is 0. The number of fused-ring (bicyclic) bond motifs is 1. The first-order valence-corrected chi connectivity index (χ1v) is 9.02. The van der Waals surface area contributed by atoms with E-state index in [2.05, 4.69) is 20.6 Å². The van der Waals surface area contributed by atoms with Crippen molar-refractivity contribution >= 4 is 50.7 Å². The molecule has 26 heavy (non-hydrogen) atoms. The van der Waals surface area contributed by atoms with Gasteiger partial charge in [0.05, 0.1) is 0 Å². The molecule has 0 saturated carbocycles. The molecule has 4 rings (SSSR count).